The molecule has 0 saturated carbocycles. The summed E-state index contributed by atoms with van der Waals surface area (Å²) in [5.41, 5.74) is 5.82. The molecule has 33 heavy (non-hydrogen) atoms. The van der Waals surface area contributed by atoms with Crippen molar-refractivity contribution < 1.29 is 28.7 Å². The van der Waals surface area contributed by atoms with Crippen LogP contribution in [0.15, 0.2) is 54.6 Å². The first-order chi connectivity index (χ1) is 15.8. The molecule has 1 saturated heterocycles. The first kappa shape index (κ1) is 24.9. The number of hydrogen-bond acceptors (Lipinski definition) is 5. The zero-order valence-electron chi connectivity index (χ0n) is 18.3. The summed E-state index contributed by atoms with van der Waals surface area (Å²) < 4.78 is 17.7. The third kappa shape index (κ3) is 6.88. The number of rotatable bonds is 10. The fourth-order valence-corrected chi connectivity index (χ4v) is 4.65. The normalized spacial score (nSPS) is 16.9. The molecule has 2 atom stereocenters. The Morgan fingerprint density at radius 1 is 1.12 bits per heavy atom. The number of benzene rings is 2. The molecule has 1 fully saturated rings. The Morgan fingerprint density at radius 3 is 2.55 bits per heavy atom. The van der Waals surface area contributed by atoms with Crippen molar-refractivity contribution in [1.29, 1.82) is 0 Å². The molecule has 2 amide bonds. The van der Waals surface area contributed by atoms with E-state index in [1.807, 2.05) is 18.2 Å². The molecule has 10 heteroatoms. The minimum Gasteiger partial charge on any atom is -0.457 e. The van der Waals surface area contributed by atoms with Crippen LogP contribution >= 0.6 is 7.60 Å². The van der Waals surface area contributed by atoms with E-state index in [2.05, 4.69) is 5.32 Å². The molecule has 3 rings (SSSR count). The highest BCUT2D eigenvalue weighted by molar-refractivity contribution is 7.52. The van der Waals surface area contributed by atoms with Crippen molar-refractivity contribution in [2.75, 3.05) is 13.1 Å². The highest BCUT2D eigenvalue weighted by Crippen LogP contribution is 2.42. The standard InChI is InChI=1S/C23H30N3O6P/c24-14-5-4-13-21(33(29,30)31)25-22(27)20-12-7-15-26(20)23(28)17-8-6-11-19(16-17)32-18-9-2-1-3-10-18/h1-3,6,8-11,16,20-21H,4-5,7,12-15,24H2,(H,25,27)(H2,29,30,31)/t20-,21?/m0/s1. The van der Waals surface area contributed by atoms with Crippen molar-refractivity contribution in [3.05, 3.63) is 60.2 Å². The second kappa shape index (κ2) is 11.4. The Hall–Kier alpha value is -2.71. The Bertz CT molecular complexity index is 997. The lowest BCUT2D eigenvalue weighted by Gasteiger charge is -2.27. The van der Waals surface area contributed by atoms with Gasteiger partial charge in [0.2, 0.25) is 5.91 Å². The number of carbonyl (C=O) groups is 2. The minimum absolute atomic E-state index is 0.118. The number of amides is 2. The second-order valence-corrected chi connectivity index (χ2v) is 9.80. The number of hydrogen-bond donors (Lipinski definition) is 4. The van der Waals surface area contributed by atoms with Gasteiger partial charge < -0.3 is 30.5 Å². The summed E-state index contributed by atoms with van der Waals surface area (Å²) >= 11 is 0. The quantitative estimate of drug-likeness (QED) is 0.306. The highest BCUT2D eigenvalue weighted by atomic mass is 31.2. The van der Waals surface area contributed by atoms with E-state index >= 15 is 0 Å². The Balaban J connectivity index is 1.70. The van der Waals surface area contributed by atoms with Gasteiger partial charge in [0.25, 0.3) is 5.91 Å². The number of nitrogens with one attached hydrogen (secondary N) is 1. The van der Waals surface area contributed by atoms with Gasteiger partial charge in [0.15, 0.2) is 0 Å². The fraction of sp³-hybridized carbons (Fsp3) is 0.391. The van der Waals surface area contributed by atoms with Gasteiger partial charge in [-0.25, -0.2) is 0 Å². The van der Waals surface area contributed by atoms with Crippen molar-refractivity contribution in [3.8, 4) is 11.5 Å². The van der Waals surface area contributed by atoms with Crippen LogP contribution in [0, 0.1) is 0 Å². The SMILES string of the molecule is NCCCCC(NC(=O)[C@@H]1CCCN1C(=O)c1cccc(Oc2ccccc2)c1)P(=O)(O)O. The zero-order valence-corrected chi connectivity index (χ0v) is 19.2. The van der Waals surface area contributed by atoms with Crippen LogP contribution in [0.5, 0.6) is 11.5 Å². The van der Waals surface area contributed by atoms with E-state index in [-0.39, 0.29) is 12.3 Å². The van der Waals surface area contributed by atoms with E-state index in [0.717, 1.165) is 0 Å². The molecule has 1 aliphatic heterocycles. The van der Waals surface area contributed by atoms with Crippen LogP contribution in [0.25, 0.3) is 0 Å². The number of carbonyl (C=O) groups excluding carboxylic acids is 2. The van der Waals surface area contributed by atoms with Gasteiger partial charge in [-0.2, -0.15) is 0 Å². The summed E-state index contributed by atoms with van der Waals surface area (Å²) in [5.74, 6) is -1.05. The second-order valence-electron chi connectivity index (χ2n) is 8.00. The van der Waals surface area contributed by atoms with Crippen LogP contribution in [0.2, 0.25) is 0 Å². The van der Waals surface area contributed by atoms with E-state index in [1.54, 1.807) is 36.4 Å². The van der Waals surface area contributed by atoms with E-state index in [4.69, 9.17) is 10.5 Å². The molecule has 2 aromatic carbocycles. The van der Waals surface area contributed by atoms with Crippen LogP contribution in [0.3, 0.4) is 0 Å². The number of para-hydroxylation sites is 1. The first-order valence-corrected chi connectivity index (χ1v) is 12.7. The maximum absolute atomic E-state index is 13.2. The molecular formula is C23H30N3O6P. The van der Waals surface area contributed by atoms with Gasteiger partial charge in [0.05, 0.1) is 0 Å². The molecule has 1 aliphatic rings. The summed E-state index contributed by atoms with van der Waals surface area (Å²) in [6.07, 6.45) is 2.24. The molecule has 0 aliphatic carbocycles. The van der Waals surface area contributed by atoms with E-state index < -0.39 is 25.3 Å². The van der Waals surface area contributed by atoms with E-state index in [0.29, 0.717) is 55.8 Å². The lowest BCUT2D eigenvalue weighted by atomic mass is 10.1. The maximum Gasteiger partial charge on any atom is 0.347 e. The zero-order chi connectivity index (χ0) is 23.8. The van der Waals surface area contributed by atoms with Crippen molar-refractivity contribution >= 4 is 19.4 Å². The lowest BCUT2D eigenvalue weighted by molar-refractivity contribution is -0.125. The van der Waals surface area contributed by atoms with Gasteiger partial charge in [0.1, 0.15) is 23.3 Å². The monoisotopic (exact) mass is 475 g/mol. The number of nitrogens with two attached hydrogens (primary N) is 1. The summed E-state index contributed by atoms with van der Waals surface area (Å²) in [6.45, 7) is 0.786. The average Bonchev–Trinajstić information content (AvgIpc) is 3.28. The van der Waals surface area contributed by atoms with Crippen molar-refractivity contribution in [1.82, 2.24) is 10.2 Å². The first-order valence-electron chi connectivity index (χ1n) is 11.0. The molecule has 9 nitrogen and oxygen atoms in total. The molecule has 2 aromatic rings. The lowest BCUT2D eigenvalue weighted by Crippen LogP contribution is -2.48. The summed E-state index contributed by atoms with van der Waals surface area (Å²) in [4.78, 5) is 46.8. The summed E-state index contributed by atoms with van der Waals surface area (Å²) in [5, 5.41) is 2.48. The van der Waals surface area contributed by atoms with E-state index in [1.165, 1.54) is 4.90 Å². The van der Waals surface area contributed by atoms with Crippen molar-refractivity contribution in [3.63, 3.8) is 0 Å². The predicted octanol–water partition coefficient (Wildman–Crippen LogP) is 2.83. The molecule has 0 bridgehead atoms. The Kier molecular flexibility index (Phi) is 8.63. The number of ether oxygens (including phenoxy) is 1. The third-order valence-electron chi connectivity index (χ3n) is 5.52. The third-order valence-corrected chi connectivity index (χ3v) is 6.72. The van der Waals surface area contributed by atoms with Gasteiger partial charge in [-0.3, -0.25) is 14.2 Å². The molecular weight excluding hydrogens is 445 g/mol. The van der Waals surface area contributed by atoms with Crippen LogP contribution in [0.4, 0.5) is 0 Å². The van der Waals surface area contributed by atoms with Gasteiger partial charge in [0, 0.05) is 12.1 Å². The molecule has 0 spiro atoms. The van der Waals surface area contributed by atoms with Crippen LogP contribution in [-0.2, 0) is 9.36 Å². The smallest absolute Gasteiger partial charge is 0.347 e. The molecule has 5 N–H and O–H groups in total. The number of nitrogens with zero attached hydrogens (tertiary/aromatic N) is 1. The predicted molar refractivity (Wildman–Crippen MR) is 124 cm³/mol. The topological polar surface area (TPSA) is 142 Å². The van der Waals surface area contributed by atoms with Gasteiger partial charge >= 0.3 is 7.60 Å². The number of unbranched alkanes of at least 4 members (excludes halogenated alkanes) is 1. The molecule has 0 aromatic heterocycles. The van der Waals surface area contributed by atoms with Crippen molar-refractivity contribution in [2.24, 2.45) is 5.73 Å². The molecule has 0 radical (unpaired) electrons. The average molecular weight is 475 g/mol. The fourth-order valence-electron chi connectivity index (χ4n) is 3.83. The summed E-state index contributed by atoms with van der Waals surface area (Å²) in [7, 11) is -4.54. The Labute approximate surface area is 193 Å². The van der Waals surface area contributed by atoms with Crippen LogP contribution < -0.4 is 15.8 Å². The highest BCUT2D eigenvalue weighted by Gasteiger charge is 2.38. The maximum atomic E-state index is 13.2. The molecule has 1 heterocycles. The van der Waals surface area contributed by atoms with Crippen LogP contribution in [-0.4, -0.2) is 51.4 Å². The molecule has 178 valence electrons. The van der Waals surface area contributed by atoms with Gasteiger partial charge in [-0.15, -0.1) is 0 Å². The Morgan fingerprint density at radius 2 is 1.85 bits per heavy atom. The van der Waals surface area contributed by atoms with Gasteiger partial charge in [-0.1, -0.05) is 24.3 Å². The minimum atomic E-state index is -4.54. The van der Waals surface area contributed by atoms with Crippen molar-refractivity contribution in [2.45, 2.75) is 43.9 Å². The van der Waals surface area contributed by atoms with E-state index in [9.17, 15) is 23.9 Å². The summed E-state index contributed by atoms with van der Waals surface area (Å²) in [6, 6.07) is 15.1. The largest absolute Gasteiger partial charge is 0.457 e. The van der Waals surface area contributed by atoms with Crippen LogP contribution in [0.1, 0.15) is 42.5 Å². The van der Waals surface area contributed by atoms with Gasteiger partial charge in [-0.05, 0) is 69.0 Å². The number of likely N-dealkylation sites (tertiary alicyclic amines) is 1. The molecule has 1 unspecified atom stereocenters.